The highest BCUT2D eigenvalue weighted by atomic mass is 28.3. The van der Waals surface area contributed by atoms with Crippen LogP contribution < -0.4 is 0 Å². The third kappa shape index (κ3) is 2.46. The van der Waals surface area contributed by atoms with Gasteiger partial charge in [0.1, 0.15) is 0 Å². The van der Waals surface area contributed by atoms with E-state index in [1.807, 2.05) is 0 Å². The molecule has 0 unspecified atom stereocenters. The number of hydrogen-bond acceptors (Lipinski definition) is 0. The summed E-state index contributed by atoms with van der Waals surface area (Å²) >= 11 is 0. The Labute approximate surface area is 102 Å². The van der Waals surface area contributed by atoms with Crippen LogP contribution >= 0.6 is 0 Å². The fourth-order valence-corrected chi connectivity index (χ4v) is 3.03. The van der Waals surface area contributed by atoms with Gasteiger partial charge in [0.05, 0.1) is 8.80 Å². The summed E-state index contributed by atoms with van der Waals surface area (Å²) in [5.74, 6) is 0. The lowest BCUT2D eigenvalue weighted by molar-refractivity contribution is 1.24. The highest BCUT2D eigenvalue weighted by Crippen LogP contribution is 2.26. The lowest BCUT2D eigenvalue weighted by atomic mass is 9.94. The summed E-state index contributed by atoms with van der Waals surface area (Å²) < 4.78 is 0. The third-order valence-corrected chi connectivity index (χ3v) is 6.08. The van der Waals surface area contributed by atoms with Crippen LogP contribution in [0.4, 0.5) is 0 Å². The van der Waals surface area contributed by atoms with Gasteiger partial charge in [-0.25, -0.2) is 0 Å². The number of hydrogen-bond donors (Lipinski definition) is 0. The van der Waals surface area contributed by atoms with E-state index < -0.39 is 8.80 Å². The Hall–Kier alpha value is -0.823. The molecule has 88 valence electrons. The maximum absolute atomic E-state index is 2.40. The van der Waals surface area contributed by atoms with E-state index in [4.69, 9.17) is 0 Å². The fraction of sp³-hybridized carbons (Fsp3) is 0.467. The standard InChI is InChI=1S/C15H24Si/c1-10-8-9-15(12(3)11(10)2)13(4)14(5)16(6)7/h8-9,16H,1-7H3. The van der Waals surface area contributed by atoms with Crippen molar-refractivity contribution < 1.29 is 0 Å². The van der Waals surface area contributed by atoms with E-state index >= 15 is 0 Å². The molecule has 0 amide bonds. The number of allylic oxidation sites excluding steroid dienone is 2. The summed E-state index contributed by atoms with van der Waals surface area (Å²) in [5, 5.41) is 1.63. The molecule has 0 aromatic heterocycles. The Kier molecular flexibility index (Phi) is 4.14. The van der Waals surface area contributed by atoms with E-state index in [0.29, 0.717) is 0 Å². The lowest BCUT2D eigenvalue weighted by Gasteiger charge is -2.16. The predicted molar refractivity (Wildman–Crippen MR) is 77.8 cm³/mol. The van der Waals surface area contributed by atoms with Gasteiger partial charge in [0.25, 0.3) is 0 Å². The van der Waals surface area contributed by atoms with Crippen molar-refractivity contribution in [3.63, 3.8) is 0 Å². The molecule has 1 heteroatoms. The Morgan fingerprint density at radius 1 is 0.938 bits per heavy atom. The van der Waals surface area contributed by atoms with Crippen LogP contribution in [-0.4, -0.2) is 8.80 Å². The van der Waals surface area contributed by atoms with Gasteiger partial charge in [0.2, 0.25) is 0 Å². The average molecular weight is 232 g/mol. The molecule has 0 nitrogen and oxygen atoms in total. The highest BCUT2D eigenvalue weighted by molar-refractivity contribution is 6.65. The summed E-state index contributed by atoms with van der Waals surface area (Å²) in [5.41, 5.74) is 7.24. The van der Waals surface area contributed by atoms with E-state index in [1.54, 1.807) is 5.20 Å². The molecule has 0 N–H and O–H groups in total. The van der Waals surface area contributed by atoms with Crippen molar-refractivity contribution in [2.75, 3.05) is 0 Å². The first-order chi connectivity index (χ1) is 7.36. The van der Waals surface area contributed by atoms with Crippen molar-refractivity contribution in [1.29, 1.82) is 0 Å². The van der Waals surface area contributed by atoms with E-state index in [9.17, 15) is 0 Å². The summed E-state index contributed by atoms with van der Waals surface area (Å²) in [6.07, 6.45) is 0. The number of benzene rings is 1. The Morgan fingerprint density at radius 3 is 2.00 bits per heavy atom. The fourth-order valence-electron chi connectivity index (χ4n) is 2.01. The van der Waals surface area contributed by atoms with Crippen molar-refractivity contribution in [2.45, 2.75) is 47.7 Å². The van der Waals surface area contributed by atoms with Crippen LogP contribution in [0, 0.1) is 20.8 Å². The van der Waals surface area contributed by atoms with E-state index in [2.05, 4.69) is 59.8 Å². The molecule has 0 aliphatic rings. The van der Waals surface area contributed by atoms with Gasteiger partial charge in [0, 0.05) is 0 Å². The van der Waals surface area contributed by atoms with Gasteiger partial charge < -0.3 is 0 Å². The highest BCUT2D eigenvalue weighted by Gasteiger charge is 2.09. The molecular weight excluding hydrogens is 208 g/mol. The summed E-state index contributed by atoms with van der Waals surface area (Å²) in [6.45, 7) is 16.0. The van der Waals surface area contributed by atoms with Crippen molar-refractivity contribution in [3.8, 4) is 0 Å². The van der Waals surface area contributed by atoms with Crippen molar-refractivity contribution in [3.05, 3.63) is 39.6 Å². The van der Waals surface area contributed by atoms with Crippen LogP contribution in [-0.2, 0) is 0 Å². The normalized spacial score (nSPS) is 13.0. The molecule has 0 aliphatic heterocycles. The zero-order valence-electron chi connectivity index (χ0n) is 11.7. The van der Waals surface area contributed by atoms with Gasteiger partial charge in [0.15, 0.2) is 0 Å². The average Bonchev–Trinajstić information content (AvgIpc) is 2.24. The minimum atomic E-state index is -0.661. The van der Waals surface area contributed by atoms with Gasteiger partial charge in [-0.1, -0.05) is 30.4 Å². The van der Waals surface area contributed by atoms with Gasteiger partial charge in [-0.15, -0.1) is 0 Å². The molecule has 0 heterocycles. The molecule has 0 atom stereocenters. The van der Waals surface area contributed by atoms with Crippen LogP contribution in [0.3, 0.4) is 0 Å². The third-order valence-electron chi connectivity index (χ3n) is 3.92. The van der Waals surface area contributed by atoms with E-state index in [1.165, 1.54) is 27.8 Å². The van der Waals surface area contributed by atoms with Gasteiger partial charge in [-0.05, 0) is 62.4 Å². The van der Waals surface area contributed by atoms with Crippen molar-refractivity contribution in [1.82, 2.24) is 0 Å². The quantitative estimate of drug-likeness (QED) is 0.662. The molecule has 0 saturated heterocycles. The second-order valence-electron chi connectivity index (χ2n) is 5.14. The lowest BCUT2D eigenvalue weighted by Crippen LogP contribution is -2.05. The van der Waals surface area contributed by atoms with Gasteiger partial charge in [-0.2, -0.15) is 0 Å². The van der Waals surface area contributed by atoms with Crippen LogP contribution in [0.2, 0.25) is 13.1 Å². The molecule has 16 heavy (non-hydrogen) atoms. The molecule has 0 fully saturated rings. The maximum Gasteiger partial charge on any atom is 0.0595 e. The first-order valence-electron chi connectivity index (χ1n) is 6.10. The summed E-state index contributed by atoms with van der Waals surface area (Å²) in [6, 6.07) is 4.53. The Bertz CT molecular complexity index is 425. The topological polar surface area (TPSA) is 0 Å². The van der Waals surface area contributed by atoms with Gasteiger partial charge in [-0.3, -0.25) is 0 Å². The molecule has 0 radical (unpaired) electrons. The second-order valence-corrected chi connectivity index (χ2v) is 8.32. The minimum Gasteiger partial charge on any atom is -0.0842 e. The monoisotopic (exact) mass is 232 g/mol. The molecule has 0 spiro atoms. The molecule has 1 rings (SSSR count). The van der Waals surface area contributed by atoms with Crippen molar-refractivity contribution in [2.24, 2.45) is 0 Å². The molecule has 1 aromatic carbocycles. The van der Waals surface area contributed by atoms with Crippen LogP contribution in [0.5, 0.6) is 0 Å². The van der Waals surface area contributed by atoms with E-state index in [-0.39, 0.29) is 0 Å². The van der Waals surface area contributed by atoms with Crippen LogP contribution in [0.15, 0.2) is 17.3 Å². The summed E-state index contributed by atoms with van der Waals surface area (Å²) in [7, 11) is -0.661. The Balaban J connectivity index is 3.36. The molecular formula is C15H24Si. The Morgan fingerprint density at radius 2 is 1.50 bits per heavy atom. The first-order valence-corrected chi connectivity index (χ1v) is 8.99. The SMILES string of the molecule is CC(=C(C)[SiH](C)C)c1ccc(C)c(C)c1C. The van der Waals surface area contributed by atoms with Crippen molar-refractivity contribution >= 4 is 14.4 Å². The predicted octanol–water partition coefficient (Wildman–Crippen LogP) is 4.43. The van der Waals surface area contributed by atoms with E-state index in [0.717, 1.165) is 0 Å². The zero-order valence-corrected chi connectivity index (χ0v) is 12.9. The molecule has 0 saturated carbocycles. The zero-order chi connectivity index (χ0) is 12.5. The molecule has 0 bridgehead atoms. The smallest absolute Gasteiger partial charge is 0.0595 e. The minimum absolute atomic E-state index is 0.661. The van der Waals surface area contributed by atoms with Crippen LogP contribution in [0.25, 0.3) is 5.57 Å². The molecule has 0 aliphatic carbocycles. The number of aryl methyl sites for hydroxylation is 1. The second kappa shape index (κ2) is 5.01. The van der Waals surface area contributed by atoms with Gasteiger partial charge >= 0.3 is 0 Å². The number of rotatable bonds is 2. The largest absolute Gasteiger partial charge is 0.0842 e. The first kappa shape index (κ1) is 13.2. The summed E-state index contributed by atoms with van der Waals surface area (Å²) in [4.78, 5) is 0. The maximum atomic E-state index is 2.40. The molecule has 1 aromatic rings. The van der Waals surface area contributed by atoms with Crippen LogP contribution in [0.1, 0.15) is 36.1 Å².